The van der Waals surface area contributed by atoms with E-state index >= 15 is 0 Å². The molecule has 6 nitrogen and oxygen atoms in total. The van der Waals surface area contributed by atoms with Gasteiger partial charge in [-0.2, -0.15) is 0 Å². The molecule has 0 spiro atoms. The van der Waals surface area contributed by atoms with Crippen LogP contribution >= 0.6 is 0 Å². The van der Waals surface area contributed by atoms with Crippen molar-refractivity contribution in [2.24, 2.45) is 5.92 Å². The molecule has 18 heavy (non-hydrogen) atoms. The molecular weight excluding hydrogens is 238 g/mol. The summed E-state index contributed by atoms with van der Waals surface area (Å²) in [5.41, 5.74) is -0.650. The third-order valence-electron chi connectivity index (χ3n) is 2.86. The van der Waals surface area contributed by atoms with Crippen LogP contribution in [0.15, 0.2) is 0 Å². The van der Waals surface area contributed by atoms with E-state index in [9.17, 15) is 14.7 Å². The zero-order valence-corrected chi connectivity index (χ0v) is 11.0. The van der Waals surface area contributed by atoms with Gasteiger partial charge in [0, 0.05) is 0 Å². The fourth-order valence-corrected chi connectivity index (χ4v) is 2.09. The van der Waals surface area contributed by atoms with Crippen molar-refractivity contribution in [3.05, 3.63) is 0 Å². The van der Waals surface area contributed by atoms with Crippen molar-refractivity contribution >= 4 is 12.1 Å². The molecule has 0 bridgehead atoms. The Bertz CT molecular complexity index is 323. The molecule has 0 aromatic carbocycles. The van der Waals surface area contributed by atoms with Gasteiger partial charge in [-0.15, -0.1) is 0 Å². The summed E-state index contributed by atoms with van der Waals surface area (Å²) in [5.74, 6) is -1.77. The van der Waals surface area contributed by atoms with Crippen LogP contribution in [-0.4, -0.2) is 40.0 Å². The minimum absolute atomic E-state index is 0.451. The molecular formula is C12H21NO5. The van der Waals surface area contributed by atoms with Gasteiger partial charge in [0.05, 0.1) is 18.1 Å². The maximum Gasteiger partial charge on any atom is 0.407 e. The number of carboxylic acid groups (broad SMARTS) is 1. The van der Waals surface area contributed by atoms with Crippen LogP contribution in [-0.2, 0) is 9.53 Å². The highest BCUT2D eigenvalue weighted by molar-refractivity contribution is 5.74. The summed E-state index contributed by atoms with van der Waals surface area (Å²) < 4.78 is 5.06. The van der Waals surface area contributed by atoms with Crippen LogP contribution in [0.3, 0.4) is 0 Å². The van der Waals surface area contributed by atoms with E-state index in [1.54, 1.807) is 20.8 Å². The minimum Gasteiger partial charge on any atom is -0.481 e. The number of carbonyl (C=O) groups is 2. The highest BCUT2D eigenvalue weighted by atomic mass is 16.6. The molecule has 0 saturated heterocycles. The predicted octanol–water partition coefficient (Wildman–Crippen LogP) is 1.13. The SMILES string of the molecule is CC(C)(C)OC(=O)N[C@H]1C(C(=O)O)CCC[C@@H]1O. The molecule has 1 unspecified atom stereocenters. The number of aliphatic hydroxyl groups is 1. The first-order chi connectivity index (χ1) is 8.20. The van der Waals surface area contributed by atoms with E-state index in [-0.39, 0.29) is 0 Å². The second-order valence-corrected chi connectivity index (χ2v) is 5.61. The highest BCUT2D eigenvalue weighted by Crippen LogP contribution is 2.25. The highest BCUT2D eigenvalue weighted by Gasteiger charge is 2.38. The molecule has 0 aromatic heterocycles. The van der Waals surface area contributed by atoms with E-state index in [4.69, 9.17) is 9.84 Å². The third kappa shape index (κ3) is 4.18. The number of aliphatic hydroxyl groups excluding tert-OH is 1. The minimum atomic E-state index is -1.00. The summed E-state index contributed by atoms with van der Waals surface area (Å²) in [6, 6.07) is -0.786. The Morgan fingerprint density at radius 2 is 1.89 bits per heavy atom. The first kappa shape index (κ1) is 14.8. The lowest BCUT2D eigenvalue weighted by molar-refractivity contribution is -0.145. The summed E-state index contributed by atoms with van der Waals surface area (Å²) in [6.45, 7) is 5.16. The molecule has 0 radical (unpaired) electrons. The Kier molecular flexibility index (Phi) is 4.56. The summed E-state index contributed by atoms with van der Waals surface area (Å²) in [7, 11) is 0. The lowest BCUT2D eigenvalue weighted by atomic mass is 9.82. The maximum absolute atomic E-state index is 11.6. The van der Waals surface area contributed by atoms with Crippen LogP contribution in [0.5, 0.6) is 0 Å². The first-order valence-electron chi connectivity index (χ1n) is 6.11. The number of hydrogen-bond acceptors (Lipinski definition) is 4. The van der Waals surface area contributed by atoms with Crippen molar-refractivity contribution in [1.82, 2.24) is 5.32 Å². The molecule has 1 fully saturated rings. The van der Waals surface area contributed by atoms with Crippen molar-refractivity contribution in [2.45, 2.75) is 57.8 Å². The number of alkyl carbamates (subject to hydrolysis) is 1. The summed E-state index contributed by atoms with van der Waals surface area (Å²) in [4.78, 5) is 22.7. The monoisotopic (exact) mass is 259 g/mol. The van der Waals surface area contributed by atoms with Crippen molar-refractivity contribution in [1.29, 1.82) is 0 Å². The van der Waals surface area contributed by atoms with E-state index in [0.717, 1.165) is 0 Å². The van der Waals surface area contributed by atoms with Crippen molar-refractivity contribution in [2.75, 3.05) is 0 Å². The Labute approximate surface area is 106 Å². The number of rotatable bonds is 2. The molecule has 104 valence electrons. The topological polar surface area (TPSA) is 95.9 Å². The van der Waals surface area contributed by atoms with Gasteiger partial charge < -0.3 is 20.3 Å². The number of ether oxygens (including phenoxy) is 1. The normalized spacial score (nSPS) is 28.6. The van der Waals surface area contributed by atoms with Crippen LogP contribution in [0.25, 0.3) is 0 Å². The molecule has 0 aromatic rings. The van der Waals surface area contributed by atoms with Gasteiger partial charge in [0.15, 0.2) is 0 Å². The molecule has 3 atom stereocenters. The Morgan fingerprint density at radius 3 is 2.39 bits per heavy atom. The zero-order valence-electron chi connectivity index (χ0n) is 11.0. The van der Waals surface area contributed by atoms with Gasteiger partial charge in [0.2, 0.25) is 0 Å². The smallest absolute Gasteiger partial charge is 0.407 e. The predicted molar refractivity (Wildman–Crippen MR) is 64.1 cm³/mol. The Balaban J connectivity index is 2.66. The first-order valence-corrected chi connectivity index (χ1v) is 6.11. The molecule has 1 saturated carbocycles. The summed E-state index contributed by atoms with van der Waals surface area (Å²) in [6.07, 6.45) is 0.0499. The van der Waals surface area contributed by atoms with Crippen LogP contribution in [0.4, 0.5) is 4.79 Å². The molecule has 1 amide bonds. The fraction of sp³-hybridized carbons (Fsp3) is 0.833. The van der Waals surface area contributed by atoms with Gasteiger partial charge in [-0.05, 0) is 40.0 Å². The van der Waals surface area contributed by atoms with Crippen molar-refractivity contribution in [3.63, 3.8) is 0 Å². The van der Waals surface area contributed by atoms with Crippen LogP contribution in [0.2, 0.25) is 0 Å². The molecule has 0 heterocycles. The second-order valence-electron chi connectivity index (χ2n) is 5.61. The average Bonchev–Trinajstić information content (AvgIpc) is 2.17. The summed E-state index contributed by atoms with van der Waals surface area (Å²) >= 11 is 0. The molecule has 6 heteroatoms. The molecule has 1 rings (SSSR count). The second kappa shape index (κ2) is 5.56. The number of carbonyl (C=O) groups excluding carboxylic acids is 1. The number of nitrogens with one attached hydrogen (secondary N) is 1. The van der Waals surface area contributed by atoms with E-state index in [1.807, 2.05) is 0 Å². The van der Waals surface area contributed by atoms with Crippen LogP contribution in [0, 0.1) is 5.92 Å². The van der Waals surface area contributed by atoms with Crippen LogP contribution in [0.1, 0.15) is 40.0 Å². The Morgan fingerprint density at radius 1 is 1.28 bits per heavy atom. The standard InChI is InChI=1S/C12H21NO5/c1-12(2,3)18-11(17)13-9-7(10(15)16)5-4-6-8(9)14/h7-9,14H,4-6H2,1-3H3,(H,13,17)(H,15,16)/t7?,8-,9-/m0/s1. The van der Waals surface area contributed by atoms with E-state index < -0.39 is 35.7 Å². The quantitative estimate of drug-likeness (QED) is 0.690. The average molecular weight is 259 g/mol. The largest absolute Gasteiger partial charge is 0.481 e. The maximum atomic E-state index is 11.6. The number of aliphatic carboxylic acids is 1. The van der Waals surface area contributed by atoms with Gasteiger partial charge in [0.1, 0.15) is 5.60 Å². The number of hydrogen-bond donors (Lipinski definition) is 3. The van der Waals surface area contributed by atoms with Gasteiger partial charge in [0.25, 0.3) is 0 Å². The molecule has 1 aliphatic rings. The molecule has 0 aliphatic heterocycles. The van der Waals surface area contributed by atoms with Crippen molar-refractivity contribution < 1.29 is 24.5 Å². The van der Waals surface area contributed by atoms with Gasteiger partial charge in [-0.25, -0.2) is 4.79 Å². The van der Waals surface area contributed by atoms with Gasteiger partial charge in [-0.3, -0.25) is 4.79 Å². The van der Waals surface area contributed by atoms with Gasteiger partial charge >= 0.3 is 12.1 Å². The van der Waals surface area contributed by atoms with E-state index in [0.29, 0.717) is 19.3 Å². The summed E-state index contributed by atoms with van der Waals surface area (Å²) in [5, 5.41) is 21.3. The van der Waals surface area contributed by atoms with Gasteiger partial charge in [-0.1, -0.05) is 0 Å². The zero-order chi connectivity index (χ0) is 13.9. The molecule has 3 N–H and O–H groups in total. The number of amides is 1. The molecule has 1 aliphatic carbocycles. The van der Waals surface area contributed by atoms with E-state index in [2.05, 4.69) is 5.32 Å². The third-order valence-corrected chi connectivity index (χ3v) is 2.86. The number of carboxylic acids is 1. The van der Waals surface area contributed by atoms with Crippen LogP contribution < -0.4 is 5.32 Å². The lowest BCUT2D eigenvalue weighted by Crippen LogP contribution is -2.53. The van der Waals surface area contributed by atoms with E-state index in [1.165, 1.54) is 0 Å². The fourth-order valence-electron chi connectivity index (χ4n) is 2.09. The Hall–Kier alpha value is -1.30. The lowest BCUT2D eigenvalue weighted by Gasteiger charge is -2.34. The van der Waals surface area contributed by atoms with Crippen molar-refractivity contribution in [3.8, 4) is 0 Å².